The molecule has 1 heterocycles. The molecular formula is C7H8O3. The molecule has 1 saturated heterocycles. The van der Waals surface area contributed by atoms with Crippen LogP contribution in [0.4, 0.5) is 0 Å². The lowest BCUT2D eigenvalue weighted by atomic mass is 9.99. The number of ether oxygens (including phenoxy) is 1. The molecule has 0 bridgehead atoms. The maximum absolute atomic E-state index is 10.7. The monoisotopic (exact) mass is 140 g/mol. The molecule has 0 radical (unpaired) electrons. The van der Waals surface area contributed by atoms with Gasteiger partial charge in [-0.15, -0.1) is 6.42 Å². The van der Waals surface area contributed by atoms with Crippen molar-refractivity contribution in [1.29, 1.82) is 0 Å². The molecule has 3 heteroatoms. The van der Waals surface area contributed by atoms with Gasteiger partial charge in [-0.1, -0.05) is 5.92 Å². The second-order valence-electron chi connectivity index (χ2n) is 2.17. The highest BCUT2D eigenvalue weighted by Crippen LogP contribution is 2.14. The molecule has 1 rings (SSSR count). The van der Waals surface area contributed by atoms with Crippen molar-refractivity contribution in [2.75, 3.05) is 6.61 Å². The summed E-state index contributed by atoms with van der Waals surface area (Å²) in [4.78, 5) is 10.7. The average Bonchev–Trinajstić information content (AvgIpc) is 1.88. The van der Waals surface area contributed by atoms with E-state index < -0.39 is 18.0 Å². The molecule has 0 aromatic carbocycles. The normalized spacial score (nSPS) is 32.6. The Labute approximate surface area is 59.0 Å². The average molecular weight is 140 g/mol. The maximum atomic E-state index is 10.7. The van der Waals surface area contributed by atoms with E-state index in [4.69, 9.17) is 11.5 Å². The van der Waals surface area contributed by atoms with E-state index in [2.05, 4.69) is 10.7 Å². The smallest absolute Gasteiger partial charge is 0.323 e. The van der Waals surface area contributed by atoms with Crippen LogP contribution in [0.1, 0.15) is 6.42 Å². The molecule has 10 heavy (non-hydrogen) atoms. The molecule has 1 fully saturated rings. The predicted octanol–water partition coefficient (Wildman–Crippen LogP) is -0.456. The summed E-state index contributed by atoms with van der Waals surface area (Å²) in [7, 11) is 0. The van der Waals surface area contributed by atoms with Crippen molar-refractivity contribution in [3.8, 4) is 12.3 Å². The Morgan fingerprint density at radius 1 is 1.80 bits per heavy atom. The third-order valence-corrected chi connectivity index (χ3v) is 1.48. The fourth-order valence-corrected chi connectivity index (χ4v) is 0.873. The van der Waals surface area contributed by atoms with Gasteiger partial charge in [0.1, 0.15) is 5.92 Å². The first kappa shape index (κ1) is 7.10. The van der Waals surface area contributed by atoms with Crippen LogP contribution in [0.15, 0.2) is 0 Å². The second kappa shape index (κ2) is 2.72. The van der Waals surface area contributed by atoms with Crippen LogP contribution in [-0.4, -0.2) is 23.8 Å². The highest BCUT2D eigenvalue weighted by Gasteiger charge is 2.30. The van der Waals surface area contributed by atoms with E-state index in [-0.39, 0.29) is 6.61 Å². The first-order valence-electron chi connectivity index (χ1n) is 3.06. The van der Waals surface area contributed by atoms with Crippen LogP contribution in [0.2, 0.25) is 0 Å². The number of hydrogen-bond acceptors (Lipinski definition) is 3. The standard InChI is InChI=1S/C7H8O3/c1-2-5-6(8)3-4-10-7(5)9/h1,5-6,8H,3-4H2/t5-,6?/m1/s1. The lowest BCUT2D eigenvalue weighted by Gasteiger charge is -2.21. The number of aliphatic hydroxyl groups is 1. The molecule has 0 saturated carbocycles. The Hall–Kier alpha value is -1.01. The molecule has 0 aromatic rings. The minimum absolute atomic E-state index is 0.276. The minimum atomic E-state index is -0.756. The number of carbonyl (C=O) groups is 1. The Morgan fingerprint density at radius 2 is 2.50 bits per heavy atom. The predicted molar refractivity (Wildman–Crippen MR) is 33.9 cm³/mol. The van der Waals surface area contributed by atoms with Crippen LogP contribution in [0.3, 0.4) is 0 Å². The number of aliphatic hydroxyl groups excluding tert-OH is 1. The molecule has 3 nitrogen and oxygen atoms in total. The summed E-state index contributed by atoms with van der Waals surface area (Å²) >= 11 is 0. The number of cyclic esters (lactones) is 1. The van der Waals surface area contributed by atoms with Crippen molar-refractivity contribution >= 4 is 5.97 Å². The first-order chi connectivity index (χ1) is 4.75. The van der Waals surface area contributed by atoms with E-state index in [1.165, 1.54) is 0 Å². The van der Waals surface area contributed by atoms with Gasteiger partial charge in [-0.25, -0.2) is 0 Å². The van der Waals surface area contributed by atoms with Crippen molar-refractivity contribution in [2.24, 2.45) is 5.92 Å². The fraction of sp³-hybridized carbons (Fsp3) is 0.571. The Kier molecular flexibility index (Phi) is 1.93. The summed E-state index contributed by atoms with van der Waals surface area (Å²) in [5.74, 6) is 0.938. The summed E-state index contributed by atoms with van der Waals surface area (Å²) in [5, 5.41) is 9.10. The van der Waals surface area contributed by atoms with Gasteiger partial charge in [-0.2, -0.15) is 0 Å². The highest BCUT2D eigenvalue weighted by molar-refractivity contribution is 5.77. The van der Waals surface area contributed by atoms with Crippen molar-refractivity contribution in [2.45, 2.75) is 12.5 Å². The molecular weight excluding hydrogens is 132 g/mol. The van der Waals surface area contributed by atoms with Crippen LogP contribution in [0.25, 0.3) is 0 Å². The largest absolute Gasteiger partial charge is 0.465 e. The molecule has 2 atom stereocenters. The molecule has 1 unspecified atom stereocenters. The summed E-state index contributed by atoms with van der Waals surface area (Å²) in [6.07, 6.45) is 4.70. The molecule has 0 amide bonds. The quantitative estimate of drug-likeness (QED) is 0.366. The second-order valence-corrected chi connectivity index (χ2v) is 2.17. The van der Waals surface area contributed by atoms with E-state index in [0.29, 0.717) is 6.42 Å². The van der Waals surface area contributed by atoms with E-state index in [0.717, 1.165) is 0 Å². The van der Waals surface area contributed by atoms with Crippen LogP contribution in [-0.2, 0) is 9.53 Å². The van der Waals surface area contributed by atoms with Gasteiger partial charge in [-0.3, -0.25) is 4.79 Å². The van der Waals surface area contributed by atoms with Gasteiger partial charge in [0, 0.05) is 6.42 Å². The SMILES string of the molecule is C#C[C@H]1C(=O)OCCC1O. The summed E-state index contributed by atoms with van der Waals surface area (Å²) in [6, 6.07) is 0. The van der Waals surface area contributed by atoms with Gasteiger partial charge in [-0.05, 0) is 0 Å². The number of esters is 1. The lowest BCUT2D eigenvalue weighted by molar-refractivity contribution is -0.156. The third-order valence-electron chi connectivity index (χ3n) is 1.48. The van der Waals surface area contributed by atoms with E-state index in [1.54, 1.807) is 0 Å². The molecule has 54 valence electrons. The van der Waals surface area contributed by atoms with Crippen molar-refractivity contribution < 1.29 is 14.6 Å². The Bertz CT molecular complexity index is 180. The number of rotatable bonds is 0. The first-order valence-corrected chi connectivity index (χ1v) is 3.06. The minimum Gasteiger partial charge on any atom is -0.465 e. The van der Waals surface area contributed by atoms with Crippen molar-refractivity contribution in [1.82, 2.24) is 0 Å². The van der Waals surface area contributed by atoms with E-state index in [1.807, 2.05) is 0 Å². The maximum Gasteiger partial charge on any atom is 0.323 e. The van der Waals surface area contributed by atoms with Crippen LogP contribution < -0.4 is 0 Å². The zero-order chi connectivity index (χ0) is 7.56. The number of terminal acetylenes is 1. The van der Waals surface area contributed by atoms with Gasteiger partial charge in [0.05, 0.1) is 12.7 Å². The topological polar surface area (TPSA) is 46.5 Å². The molecule has 0 spiro atoms. The van der Waals surface area contributed by atoms with Crippen LogP contribution in [0, 0.1) is 18.3 Å². The van der Waals surface area contributed by atoms with Gasteiger partial charge in [0.25, 0.3) is 0 Å². The molecule has 0 aromatic heterocycles. The summed E-state index contributed by atoms with van der Waals surface area (Å²) in [6.45, 7) is 0.276. The van der Waals surface area contributed by atoms with Crippen LogP contribution in [0.5, 0.6) is 0 Å². The Balaban J connectivity index is 2.65. The van der Waals surface area contributed by atoms with Gasteiger partial charge in [0.2, 0.25) is 0 Å². The third kappa shape index (κ3) is 1.12. The van der Waals surface area contributed by atoms with Crippen LogP contribution >= 0.6 is 0 Å². The van der Waals surface area contributed by atoms with Gasteiger partial charge in [0.15, 0.2) is 0 Å². The van der Waals surface area contributed by atoms with E-state index >= 15 is 0 Å². The lowest BCUT2D eigenvalue weighted by Crippen LogP contribution is -2.35. The fourth-order valence-electron chi connectivity index (χ4n) is 0.873. The van der Waals surface area contributed by atoms with E-state index in [9.17, 15) is 4.79 Å². The summed E-state index contributed by atoms with van der Waals surface area (Å²) in [5.41, 5.74) is 0. The van der Waals surface area contributed by atoms with Gasteiger partial charge >= 0.3 is 5.97 Å². The van der Waals surface area contributed by atoms with Gasteiger partial charge < -0.3 is 9.84 Å². The highest BCUT2D eigenvalue weighted by atomic mass is 16.5. The van der Waals surface area contributed by atoms with Crippen molar-refractivity contribution in [3.05, 3.63) is 0 Å². The zero-order valence-corrected chi connectivity index (χ0v) is 5.41. The van der Waals surface area contributed by atoms with Crippen molar-refractivity contribution in [3.63, 3.8) is 0 Å². The Morgan fingerprint density at radius 3 is 2.90 bits per heavy atom. The molecule has 1 N–H and O–H groups in total. The molecule has 1 aliphatic heterocycles. The number of carbonyl (C=O) groups excluding carboxylic acids is 1. The zero-order valence-electron chi connectivity index (χ0n) is 5.41. The molecule has 0 aliphatic carbocycles. The number of hydrogen-bond donors (Lipinski definition) is 1. The summed E-state index contributed by atoms with van der Waals surface area (Å²) < 4.78 is 4.61. The molecule has 1 aliphatic rings.